The highest BCUT2D eigenvalue weighted by Gasteiger charge is 2.25. The van der Waals surface area contributed by atoms with E-state index < -0.39 is 0 Å². The van der Waals surface area contributed by atoms with Crippen molar-refractivity contribution in [1.29, 1.82) is 0 Å². The van der Waals surface area contributed by atoms with E-state index >= 15 is 0 Å². The van der Waals surface area contributed by atoms with Gasteiger partial charge in [0.15, 0.2) is 0 Å². The van der Waals surface area contributed by atoms with Gasteiger partial charge in [0.1, 0.15) is 11.5 Å². The van der Waals surface area contributed by atoms with Crippen molar-refractivity contribution in [3.05, 3.63) is 59.7 Å². The topological polar surface area (TPSA) is 64.5 Å². The van der Waals surface area contributed by atoms with Gasteiger partial charge in [0, 0.05) is 0 Å². The molecule has 4 nitrogen and oxygen atoms in total. The Hall–Kier alpha value is -2.04. The van der Waals surface area contributed by atoms with Crippen molar-refractivity contribution in [3.8, 4) is 11.5 Å². The standard InChI is InChI=1S/C18H24N2O2/c1-17(2,13-5-9-15(21)10-6-13)19-20-18(3,4)14-7-11-16(22)12-8-14/h5-12,19-22H,1-4H3. The van der Waals surface area contributed by atoms with Gasteiger partial charge in [-0.3, -0.25) is 0 Å². The van der Waals surface area contributed by atoms with E-state index in [0.29, 0.717) is 0 Å². The van der Waals surface area contributed by atoms with Gasteiger partial charge in [-0.05, 0) is 63.1 Å². The first kappa shape index (κ1) is 16.3. The van der Waals surface area contributed by atoms with Crippen LogP contribution < -0.4 is 10.9 Å². The van der Waals surface area contributed by atoms with Crippen LogP contribution in [0.2, 0.25) is 0 Å². The van der Waals surface area contributed by atoms with Crippen molar-refractivity contribution >= 4 is 0 Å². The molecule has 0 unspecified atom stereocenters. The SMILES string of the molecule is CC(C)(NNC(C)(C)c1ccc(O)cc1)c1ccc(O)cc1. The van der Waals surface area contributed by atoms with Crippen LogP contribution in [0.15, 0.2) is 48.5 Å². The molecular weight excluding hydrogens is 276 g/mol. The highest BCUT2D eigenvalue weighted by molar-refractivity contribution is 5.31. The number of phenols is 2. The second-order valence-electron chi connectivity index (χ2n) is 6.59. The second kappa shape index (κ2) is 5.99. The molecule has 0 aliphatic carbocycles. The summed E-state index contributed by atoms with van der Waals surface area (Å²) < 4.78 is 0. The minimum Gasteiger partial charge on any atom is -0.508 e. The largest absolute Gasteiger partial charge is 0.508 e. The first-order valence-corrected chi connectivity index (χ1v) is 7.34. The summed E-state index contributed by atoms with van der Waals surface area (Å²) in [6, 6.07) is 14.3. The summed E-state index contributed by atoms with van der Waals surface area (Å²) in [4.78, 5) is 0. The predicted octanol–water partition coefficient (Wildman–Crippen LogP) is 3.36. The molecule has 0 atom stereocenters. The van der Waals surface area contributed by atoms with Gasteiger partial charge in [0.25, 0.3) is 0 Å². The molecule has 0 fully saturated rings. The third kappa shape index (κ3) is 3.78. The summed E-state index contributed by atoms with van der Waals surface area (Å²) in [5.41, 5.74) is 8.24. The van der Waals surface area contributed by atoms with Crippen molar-refractivity contribution in [2.24, 2.45) is 0 Å². The zero-order valence-electron chi connectivity index (χ0n) is 13.5. The van der Waals surface area contributed by atoms with E-state index in [1.807, 2.05) is 24.3 Å². The minimum atomic E-state index is -0.304. The Balaban J connectivity index is 2.10. The van der Waals surface area contributed by atoms with Crippen LogP contribution in [0.3, 0.4) is 0 Å². The van der Waals surface area contributed by atoms with Gasteiger partial charge >= 0.3 is 0 Å². The number of rotatable bonds is 5. The van der Waals surface area contributed by atoms with Gasteiger partial charge in [-0.15, -0.1) is 0 Å². The highest BCUT2D eigenvalue weighted by atomic mass is 16.3. The van der Waals surface area contributed by atoms with Gasteiger partial charge in [-0.2, -0.15) is 0 Å². The maximum absolute atomic E-state index is 9.40. The summed E-state index contributed by atoms with van der Waals surface area (Å²) in [7, 11) is 0. The molecule has 4 heteroatoms. The van der Waals surface area contributed by atoms with Crippen LogP contribution in [0.4, 0.5) is 0 Å². The number of aromatic hydroxyl groups is 2. The van der Waals surface area contributed by atoms with E-state index in [2.05, 4.69) is 38.5 Å². The summed E-state index contributed by atoms with van der Waals surface area (Å²) in [5.74, 6) is 0.522. The van der Waals surface area contributed by atoms with Crippen molar-refractivity contribution in [1.82, 2.24) is 10.9 Å². The van der Waals surface area contributed by atoms with Crippen molar-refractivity contribution in [2.75, 3.05) is 0 Å². The Labute approximate surface area is 131 Å². The quantitative estimate of drug-likeness (QED) is 0.639. The van der Waals surface area contributed by atoms with Gasteiger partial charge in [-0.25, -0.2) is 10.9 Å². The second-order valence-corrected chi connectivity index (χ2v) is 6.59. The van der Waals surface area contributed by atoms with Crippen molar-refractivity contribution in [3.63, 3.8) is 0 Å². The zero-order chi connectivity index (χ0) is 16.4. The minimum absolute atomic E-state index is 0.261. The number of nitrogens with one attached hydrogen (secondary N) is 2. The van der Waals surface area contributed by atoms with E-state index in [1.165, 1.54) is 0 Å². The first-order valence-electron chi connectivity index (χ1n) is 7.34. The van der Waals surface area contributed by atoms with Crippen LogP contribution in [0.25, 0.3) is 0 Å². The fourth-order valence-electron chi connectivity index (χ4n) is 2.21. The Morgan fingerprint density at radius 3 is 1.14 bits per heavy atom. The number of hydrazine groups is 1. The Morgan fingerprint density at radius 2 is 0.864 bits per heavy atom. The van der Waals surface area contributed by atoms with Crippen LogP contribution >= 0.6 is 0 Å². The Bertz CT molecular complexity index is 559. The maximum Gasteiger partial charge on any atom is 0.115 e. The molecule has 0 radical (unpaired) electrons. The smallest absolute Gasteiger partial charge is 0.115 e. The molecule has 0 aromatic heterocycles. The van der Waals surface area contributed by atoms with Gasteiger partial charge in [-0.1, -0.05) is 24.3 Å². The van der Waals surface area contributed by atoms with Crippen molar-refractivity contribution in [2.45, 2.75) is 38.8 Å². The van der Waals surface area contributed by atoms with Gasteiger partial charge in [0.2, 0.25) is 0 Å². The molecule has 0 aliphatic heterocycles. The van der Waals surface area contributed by atoms with Crippen LogP contribution in [-0.2, 0) is 11.1 Å². The molecule has 22 heavy (non-hydrogen) atoms. The molecule has 0 bridgehead atoms. The number of hydrogen-bond donors (Lipinski definition) is 4. The number of phenolic OH excluding ortho intramolecular Hbond substituents is 2. The van der Waals surface area contributed by atoms with Crippen LogP contribution in [0, 0.1) is 0 Å². The van der Waals surface area contributed by atoms with Crippen LogP contribution in [-0.4, -0.2) is 10.2 Å². The Morgan fingerprint density at radius 1 is 0.591 bits per heavy atom. The van der Waals surface area contributed by atoms with E-state index in [0.717, 1.165) is 11.1 Å². The lowest BCUT2D eigenvalue weighted by molar-refractivity contribution is 0.250. The Kier molecular flexibility index (Phi) is 4.44. The summed E-state index contributed by atoms with van der Waals surface area (Å²) in [5, 5.41) is 18.8. The average Bonchev–Trinajstić information content (AvgIpc) is 2.46. The molecule has 118 valence electrons. The molecule has 0 spiro atoms. The van der Waals surface area contributed by atoms with Crippen LogP contribution in [0.1, 0.15) is 38.8 Å². The fraction of sp³-hybridized carbons (Fsp3) is 0.333. The summed E-state index contributed by atoms with van der Waals surface area (Å²) in [6.07, 6.45) is 0. The van der Waals surface area contributed by atoms with E-state index in [4.69, 9.17) is 0 Å². The molecule has 2 aromatic carbocycles. The molecule has 0 saturated heterocycles. The van der Waals surface area contributed by atoms with E-state index in [9.17, 15) is 10.2 Å². The predicted molar refractivity (Wildman–Crippen MR) is 88.5 cm³/mol. The zero-order valence-corrected chi connectivity index (χ0v) is 13.5. The highest BCUT2D eigenvalue weighted by Crippen LogP contribution is 2.25. The molecule has 0 amide bonds. The lowest BCUT2D eigenvalue weighted by Gasteiger charge is -2.34. The van der Waals surface area contributed by atoms with Gasteiger partial charge < -0.3 is 10.2 Å². The molecule has 2 rings (SSSR count). The first-order chi connectivity index (χ1) is 10.2. The maximum atomic E-state index is 9.40. The molecule has 0 heterocycles. The average molecular weight is 300 g/mol. The lowest BCUT2D eigenvalue weighted by Crippen LogP contribution is -2.53. The monoisotopic (exact) mass is 300 g/mol. The molecular formula is C18H24N2O2. The molecule has 2 aromatic rings. The normalized spacial score (nSPS) is 12.4. The number of hydrogen-bond acceptors (Lipinski definition) is 4. The summed E-state index contributed by atoms with van der Waals surface area (Å²) in [6.45, 7) is 8.27. The summed E-state index contributed by atoms with van der Waals surface area (Å²) >= 11 is 0. The fourth-order valence-corrected chi connectivity index (χ4v) is 2.21. The van der Waals surface area contributed by atoms with Crippen LogP contribution in [0.5, 0.6) is 11.5 Å². The lowest BCUT2D eigenvalue weighted by atomic mass is 9.93. The van der Waals surface area contributed by atoms with E-state index in [-0.39, 0.29) is 22.6 Å². The number of benzene rings is 2. The third-order valence-corrected chi connectivity index (χ3v) is 3.87. The molecule has 0 aliphatic rings. The van der Waals surface area contributed by atoms with Gasteiger partial charge in [0.05, 0.1) is 11.1 Å². The molecule has 0 saturated carbocycles. The molecule has 4 N–H and O–H groups in total. The van der Waals surface area contributed by atoms with E-state index in [1.54, 1.807) is 24.3 Å². The van der Waals surface area contributed by atoms with Crippen molar-refractivity contribution < 1.29 is 10.2 Å². The third-order valence-electron chi connectivity index (χ3n) is 3.87.